The summed E-state index contributed by atoms with van der Waals surface area (Å²) in [5.74, 6) is -0.981. The number of primary amides is 1. The van der Waals surface area contributed by atoms with Crippen molar-refractivity contribution in [1.29, 1.82) is 0 Å². The molecule has 2 amide bonds. The van der Waals surface area contributed by atoms with Gasteiger partial charge >= 0.3 is 0 Å². The van der Waals surface area contributed by atoms with E-state index in [0.717, 1.165) is 0 Å². The number of nitrogens with zero attached hydrogens (tertiary/aromatic N) is 2. The Bertz CT molecular complexity index is 1030. The number of anilines is 1. The van der Waals surface area contributed by atoms with Gasteiger partial charge < -0.3 is 16.0 Å². The van der Waals surface area contributed by atoms with Crippen LogP contribution in [0.15, 0.2) is 47.4 Å². The monoisotopic (exact) mass is 416 g/mol. The minimum absolute atomic E-state index is 0.0990. The van der Waals surface area contributed by atoms with Gasteiger partial charge in [-0.15, -0.1) is 0 Å². The van der Waals surface area contributed by atoms with Crippen molar-refractivity contribution < 1.29 is 18.0 Å². The minimum Gasteiger partial charge on any atom is -0.366 e. The van der Waals surface area contributed by atoms with E-state index in [1.165, 1.54) is 28.6 Å². The number of nitrogens with one attached hydrogen (secondary N) is 1. The van der Waals surface area contributed by atoms with Crippen LogP contribution in [0.4, 0.5) is 5.69 Å². The molecule has 0 spiro atoms. The average Bonchev–Trinajstić information content (AvgIpc) is 2.68. The van der Waals surface area contributed by atoms with E-state index < -0.39 is 21.8 Å². The number of benzene rings is 2. The van der Waals surface area contributed by atoms with Crippen LogP contribution in [0, 0.1) is 6.92 Å². The molecule has 3 N–H and O–H groups in total. The van der Waals surface area contributed by atoms with Gasteiger partial charge in [-0.05, 0) is 55.9 Å². The largest absolute Gasteiger partial charge is 0.366 e. The summed E-state index contributed by atoms with van der Waals surface area (Å²) >= 11 is 0. The van der Waals surface area contributed by atoms with Crippen molar-refractivity contribution in [2.24, 2.45) is 5.73 Å². The zero-order valence-corrected chi connectivity index (χ0v) is 17.2. The Kier molecular flexibility index (Phi) is 6.02. The van der Waals surface area contributed by atoms with Crippen LogP contribution in [0.3, 0.4) is 0 Å². The van der Waals surface area contributed by atoms with Gasteiger partial charge in [-0.2, -0.15) is 4.31 Å². The number of nitrogens with two attached hydrogens (primary N) is 1. The molecule has 1 fully saturated rings. The number of hydrogen-bond donors (Lipinski definition) is 2. The van der Waals surface area contributed by atoms with E-state index in [2.05, 4.69) is 10.2 Å². The van der Waals surface area contributed by atoms with E-state index in [0.29, 0.717) is 43.0 Å². The molecule has 0 unspecified atom stereocenters. The second-order valence-electron chi connectivity index (χ2n) is 7.08. The molecule has 0 aromatic heterocycles. The molecule has 8 nitrogen and oxygen atoms in total. The lowest BCUT2D eigenvalue weighted by Gasteiger charge is -2.31. The van der Waals surface area contributed by atoms with Crippen LogP contribution < -0.4 is 11.1 Å². The topological polar surface area (TPSA) is 113 Å². The number of hydrogen-bond acceptors (Lipinski definition) is 5. The lowest BCUT2D eigenvalue weighted by atomic mass is 10.1. The molecule has 29 heavy (non-hydrogen) atoms. The molecule has 154 valence electrons. The van der Waals surface area contributed by atoms with Gasteiger partial charge in [0.2, 0.25) is 15.9 Å². The number of aryl methyl sites for hydroxylation is 1. The van der Waals surface area contributed by atoms with Crippen LogP contribution in [0.2, 0.25) is 0 Å². The Morgan fingerprint density at radius 1 is 1.00 bits per heavy atom. The first-order chi connectivity index (χ1) is 13.7. The van der Waals surface area contributed by atoms with E-state index >= 15 is 0 Å². The standard InChI is InChI=1S/C20H24N4O4S/c1-14-3-8-17(29(27,28)24-11-9-23(2)10-12-24)13-18(14)20(26)22-16-6-4-15(5-7-16)19(21)25/h3-8,13H,9-12H2,1-2H3,(H2,21,25)(H,22,26). The van der Waals surface area contributed by atoms with Gasteiger partial charge in [0.1, 0.15) is 0 Å². The third kappa shape index (κ3) is 4.64. The molecule has 0 bridgehead atoms. The highest BCUT2D eigenvalue weighted by atomic mass is 32.2. The number of piperazine rings is 1. The first-order valence-corrected chi connectivity index (χ1v) is 10.6. The van der Waals surface area contributed by atoms with Crippen molar-refractivity contribution in [3.8, 4) is 0 Å². The predicted octanol–water partition coefficient (Wildman–Crippen LogP) is 1.28. The molecule has 2 aromatic rings. The normalized spacial score (nSPS) is 15.8. The fourth-order valence-corrected chi connectivity index (χ4v) is 4.55. The molecule has 1 heterocycles. The lowest BCUT2D eigenvalue weighted by molar-refractivity contribution is 0.0998. The summed E-state index contributed by atoms with van der Waals surface area (Å²) < 4.78 is 27.4. The molecule has 1 saturated heterocycles. The summed E-state index contributed by atoms with van der Waals surface area (Å²) in [7, 11) is -1.72. The summed E-state index contributed by atoms with van der Waals surface area (Å²) in [6, 6.07) is 10.7. The Labute approximate surface area is 170 Å². The molecular weight excluding hydrogens is 392 g/mol. The van der Waals surface area contributed by atoms with Gasteiger partial charge in [0, 0.05) is 43.0 Å². The summed E-state index contributed by atoms with van der Waals surface area (Å²) in [5.41, 5.74) is 6.96. The predicted molar refractivity (Wildman–Crippen MR) is 110 cm³/mol. The van der Waals surface area contributed by atoms with Crippen molar-refractivity contribution in [2.45, 2.75) is 11.8 Å². The first kappa shape index (κ1) is 21.0. The van der Waals surface area contributed by atoms with Gasteiger partial charge in [-0.25, -0.2) is 8.42 Å². The van der Waals surface area contributed by atoms with Crippen molar-refractivity contribution in [3.05, 3.63) is 59.2 Å². The fraction of sp³-hybridized carbons (Fsp3) is 0.300. The molecular formula is C20H24N4O4S. The highest BCUT2D eigenvalue weighted by Gasteiger charge is 2.28. The maximum Gasteiger partial charge on any atom is 0.255 e. The lowest BCUT2D eigenvalue weighted by Crippen LogP contribution is -2.47. The second-order valence-corrected chi connectivity index (χ2v) is 9.02. The maximum absolute atomic E-state index is 13.0. The molecule has 9 heteroatoms. The van der Waals surface area contributed by atoms with Crippen molar-refractivity contribution in [1.82, 2.24) is 9.21 Å². The summed E-state index contributed by atoms with van der Waals surface area (Å²) in [4.78, 5) is 26.1. The highest BCUT2D eigenvalue weighted by Crippen LogP contribution is 2.22. The van der Waals surface area contributed by atoms with Crippen molar-refractivity contribution in [3.63, 3.8) is 0 Å². The molecule has 0 radical (unpaired) electrons. The quantitative estimate of drug-likeness (QED) is 0.762. The zero-order valence-electron chi connectivity index (χ0n) is 16.4. The molecule has 2 aromatic carbocycles. The van der Waals surface area contributed by atoms with Crippen LogP contribution in [0.1, 0.15) is 26.3 Å². The Morgan fingerprint density at radius 2 is 1.62 bits per heavy atom. The summed E-state index contributed by atoms with van der Waals surface area (Å²) in [6.45, 7) is 3.91. The fourth-order valence-electron chi connectivity index (χ4n) is 3.10. The van der Waals surface area contributed by atoms with Crippen molar-refractivity contribution in [2.75, 3.05) is 38.5 Å². The zero-order chi connectivity index (χ0) is 21.2. The van der Waals surface area contributed by atoms with E-state index in [9.17, 15) is 18.0 Å². The molecule has 1 aliphatic rings. The number of carbonyl (C=O) groups excluding carboxylic acids is 2. The molecule has 0 atom stereocenters. The smallest absolute Gasteiger partial charge is 0.255 e. The highest BCUT2D eigenvalue weighted by molar-refractivity contribution is 7.89. The minimum atomic E-state index is -3.67. The molecule has 3 rings (SSSR count). The van der Waals surface area contributed by atoms with Gasteiger partial charge in [0.05, 0.1) is 4.90 Å². The third-order valence-corrected chi connectivity index (χ3v) is 6.88. The molecule has 0 aliphatic carbocycles. The van der Waals surface area contributed by atoms with E-state index in [4.69, 9.17) is 5.73 Å². The number of amides is 2. The van der Waals surface area contributed by atoms with Gasteiger partial charge in [0.25, 0.3) is 5.91 Å². The van der Waals surface area contributed by atoms with Crippen LogP contribution in [0.5, 0.6) is 0 Å². The molecule has 0 saturated carbocycles. The van der Waals surface area contributed by atoms with Crippen LogP contribution in [0.25, 0.3) is 0 Å². The van der Waals surface area contributed by atoms with E-state index in [-0.39, 0.29) is 10.5 Å². The summed E-state index contributed by atoms with van der Waals surface area (Å²) in [5, 5.41) is 2.72. The number of rotatable bonds is 5. The molecule has 1 aliphatic heterocycles. The van der Waals surface area contributed by atoms with Crippen LogP contribution >= 0.6 is 0 Å². The number of sulfonamides is 1. The van der Waals surface area contributed by atoms with Gasteiger partial charge in [0.15, 0.2) is 0 Å². The Morgan fingerprint density at radius 3 is 2.21 bits per heavy atom. The maximum atomic E-state index is 13.0. The van der Waals surface area contributed by atoms with E-state index in [1.807, 2.05) is 7.05 Å². The number of likely N-dealkylation sites (N-methyl/N-ethyl adjacent to an activating group) is 1. The Balaban J connectivity index is 1.82. The SMILES string of the molecule is Cc1ccc(S(=O)(=O)N2CCN(C)CC2)cc1C(=O)Nc1ccc(C(N)=O)cc1. The van der Waals surface area contributed by atoms with E-state index in [1.54, 1.807) is 25.1 Å². The van der Waals surface area contributed by atoms with Gasteiger partial charge in [-0.1, -0.05) is 6.07 Å². The third-order valence-electron chi connectivity index (χ3n) is 4.98. The van der Waals surface area contributed by atoms with Gasteiger partial charge in [-0.3, -0.25) is 9.59 Å². The van der Waals surface area contributed by atoms with Crippen LogP contribution in [-0.2, 0) is 10.0 Å². The Hall–Kier alpha value is -2.75. The second kappa shape index (κ2) is 8.32. The van der Waals surface area contributed by atoms with Crippen LogP contribution in [-0.4, -0.2) is 62.7 Å². The first-order valence-electron chi connectivity index (χ1n) is 9.19. The number of carbonyl (C=O) groups is 2. The van der Waals surface area contributed by atoms with Crippen molar-refractivity contribution >= 4 is 27.5 Å². The summed E-state index contributed by atoms with van der Waals surface area (Å²) in [6.07, 6.45) is 0. The average molecular weight is 417 g/mol.